The Morgan fingerprint density at radius 2 is 2.10 bits per heavy atom. The third-order valence-electron chi connectivity index (χ3n) is 3.60. The second-order valence-electron chi connectivity index (χ2n) is 4.77. The molecule has 1 fully saturated rings. The molecule has 0 aliphatic heterocycles. The maximum atomic E-state index is 11.8. The van der Waals surface area contributed by atoms with E-state index >= 15 is 0 Å². The minimum atomic E-state index is -1.17. The summed E-state index contributed by atoms with van der Waals surface area (Å²) in [7, 11) is 0. The molecule has 0 saturated heterocycles. The molecule has 4 atom stereocenters. The fourth-order valence-electron chi connectivity index (χ4n) is 2.49. The maximum Gasteiger partial charge on any atom is 0.328 e. The molecule has 110 valence electrons. The van der Waals surface area contributed by atoms with Gasteiger partial charge in [-0.2, -0.15) is 0 Å². The first-order chi connectivity index (χ1) is 9.49. The molecule has 1 aliphatic carbocycles. The molecule has 0 aromatic carbocycles. The smallest absolute Gasteiger partial charge is 0.328 e. The fraction of sp³-hybridized carbons (Fsp3) is 0.500. The standard InChI is InChI=1S/C12H15BrN2O5/c13-2-1-6-4-15(12(20)14-11(6)19)8-3-7(5-16)9(17)10(8)18/h1-2,4,7-10,16-18H,3,5H2,(H,14,19,20)/t7-,8-,9-,10-/m1/s1. The molecule has 7 nitrogen and oxygen atoms in total. The zero-order chi connectivity index (χ0) is 14.9. The van der Waals surface area contributed by atoms with Gasteiger partial charge in [-0.15, -0.1) is 0 Å². The molecule has 1 aromatic rings. The van der Waals surface area contributed by atoms with Gasteiger partial charge in [0.2, 0.25) is 0 Å². The van der Waals surface area contributed by atoms with Gasteiger partial charge in [-0.3, -0.25) is 14.3 Å². The highest BCUT2D eigenvalue weighted by Crippen LogP contribution is 2.34. The van der Waals surface area contributed by atoms with Crippen LogP contribution in [0.1, 0.15) is 18.0 Å². The minimum Gasteiger partial charge on any atom is -0.396 e. The van der Waals surface area contributed by atoms with Gasteiger partial charge in [0.25, 0.3) is 5.56 Å². The van der Waals surface area contributed by atoms with Crippen molar-refractivity contribution < 1.29 is 15.3 Å². The SMILES string of the molecule is O=c1[nH]c(=O)n([C@@H]2C[C@H](CO)[C@@H](O)[C@@H]2O)cc1C=CBr. The number of rotatable bonds is 3. The number of nitrogens with zero attached hydrogens (tertiary/aromatic N) is 1. The second-order valence-corrected chi connectivity index (χ2v) is 5.30. The van der Waals surface area contributed by atoms with E-state index in [2.05, 4.69) is 20.9 Å². The Morgan fingerprint density at radius 3 is 2.65 bits per heavy atom. The van der Waals surface area contributed by atoms with Gasteiger partial charge < -0.3 is 15.3 Å². The van der Waals surface area contributed by atoms with Gasteiger partial charge >= 0.3 is 5.69 Å². The van der Waals surface area contributed by atoms with Gasteiger partial charge in [-0.05, 0) is 17.5 Å². The molecule has 4 N–H and O–H groups in total. The Bertz CT molecular complexity index is 623. The molecule has 2 rings (SSSR count). The molecule has 8 heteroatoms. The van der Waals surface area contributed by atoms with Crippen LogP contribution in [0.15, 0.2) is 20.8 Å². The molecular weight excluding hydrogens is 332 g/mol. The summed E-state index contributed by atoms with van der Waals surface area (Å²) < 4.78 is 1.19. The summed E-state index contributed by atoms with van der Waals surface area (Å²) >= 11 is 3.05. The second kappa shape index (κ2) is 6.04. The van der Waals surface area contributed by atoms with Crippen molar-refractivity contribution in [1.82, 2.24) is 9.55 Å². The van der Waals surface area contributed by atoms with Crippen LogP contribution in [0.25, 0.3) is 6.08 Å². The number of aromatic nitrogens is 2. The van der Waals surface area contributed by atoms with Crippen LogP contribution >= 0.6 is 15.9 Å². The first kappa shape index (κ1) is 15.2. The minimum absolute atomic E-state index is 0.246. The third kappa shape index (κ3) is 2.64. The lowest BCUT2D eigenvalue weighted by Crippen LogP contribution is -2.38. The van der Waals surface area contributed by atoms with Crippen LogP contribution in [-0.2, 0) is 0 Å². The first-order valence-electron chi connectivity index (χ1n) is 6.08. The van der Waals surface area contributed by atoms with E-state index in [1.54, 1.807) is 0 Å². The number of aliphatic hydroxyl groups excluding tert-OH is 3. The van der Waals surface area contributed by atoms with Gasteiger partial charge in [0.05, 0.1) is 17.7 Å². The topological polar surface area (TPSA) is 116 Å². The van der Waals surface area contributed by atoms with E-state index in [9.17, 15) is 19.8 Å². The number of halogens is 1. The highest BCUT2D eigenvalue weighted by Gasteiger charge is 2.42. The zero-order valence-electron chi connectivity index (χ0n) is 10.4. The van der Waals surface area contributed by atoms with Crippen LogP contribution in [-0.4, -0.2) is 43.7 Å². The van der Waals surface area contributed by atoms with Crippen molar-refractivity contribution in [3.63, 3.8) is 0 Å². The van der Waals surface area contributed by atoms with Crippen LogP contribution in [0.2, 0.25) is 0 Å². The molecule has 0 radical (unpaired) electrons. The lowest BCUT2D eigenvalue weighted by atomic mass is 10.1. The van der Waals surface area contributed by atoms with Crippen molar-refractivity contribution in [1.29, 1.82) is 0 Å². The van der Waals surface area contributed by atoms with E-state index in [1.807, 2.05) is 0 Å². The summed E-state index contributed by atoms with van der Waals surface area (Å²) in [4.78, 5) is 27.1. The van der Waals surface area contributed by atoms with Gasteiger partial charge in [-0.25, -0.2) is 4.79 Å². The van der Waals surface area contributed by atoms with Gasteiger partial charge in [-0.1, -0.05) is 15.9 Å². The van der Waals surface area contributed by atoms with Crippen molar-refractivity contribution in [2.24, 2.45) is 5.92 Å². The van der Waals surface area contributed by atoms with Crippen LogP contribution in [0, 0.1) is 5.92 Å². The molecule has 0 spiro atoms. The van der Waals surface area contributed by atoms with Crippen LogP contribution in [0.3, 0.4) is 0 Å². The fourth-order valence-corrected chi connectivity index (χ4v) is 2.77. The van der Waals surface area contributed by atoms with Crippen molar-refractivity contribution >= 4 is 22.0 Å². The Labute approximate surface area is 122 Å². The summed E-state index contributed by atoms with van der Waals surface area (Å²) in [6, 6.07) is -0.686. The van der Waals surface area contributed by atoms with Crippen molar-refractivity contribution in [3.8, 4) is 0 Å². The van der Waals surface area contributed by atoms with E-state index in [-0.39, 0.29) is 18.6 Å². The number of aliphatic hydroxyl groups is 3. The highest BCUT2D eigenvalue weighted by atomic mass is 79.9. The molecule has 0 amide bonds. The van der Waals surface area contributed by atoms with E-state index in [1.165, 1.54) is 21.8 Å². The Hall–Kier alpha value is -1.22. The summed E-state index contributed by atoms with van der Waals surface area (Å²) in [5.41, 5.74) is -0.944. The van der Waals surface area contributed by atoms with Crippen molar-refractivity contribution in [3.05, 3.63) is 37.6 Å². The summed E-state index contributed by atoms with van der Waals surface area (Å²) in [5, 5.41) is 28.9. The molecule has 1 aliphatic rings. The zero-order valence-corrected chi connectivity index (χ0v) is 12.0. The van der Waals surface area contributed by atoms with Crippen LogP contribution < -0.4 is 11.2 Å². The molecular formula is C12H15BrN2O5. The van der Waals surface area contributed by atoms with Gasteiger partial charge in [0, 0.05) is 18.7 Å². The molecule has 0 bridgehead atoms. The molecule has 1 aromatic heterocycles. The number of H-pyrrole nitrogens is 1. The lowest BCUT2D eigenvalue weighted by molar-refractivity contribution is -0.00456. The van der Waals surface area contributed by atoms with Crippen LogP contribution in [0.5, 0.6) is 0 Å². The predicted molar refractivity (Wildman–Crippen MR) is 75.5 cm³/mol. The number of hydrogen-bond donors (Lipinski definition) is 4. The lowest BCUT2D eigenvalue weighted by Gasteiger charge is -2.19. The normalized spacial score (nSPS) is 30.2. The average molecular weight is 347 g/mol. The Kier molecular flexibility index (Phi) is 4.59. The van der Waals surface area contributed by atoms with Gasteiger partial charge in [0.15, 0.2) is 0 Å². The number of aromatic amines is 1. The molecule has 1 saturated carbocycles. The molecule has 0 unspecified atom stereocenters. The maximum absolute atomic E-state index is 11.8. The van der Waals surface area contributed by atoms with E-state index < -0.39 is 35.4 Å². The largest absolute Gasteiger partial charge is 0.396 e. The van der Waals surface area contributed by atoms with Crippen LogP contribution in [0.4, 0.5) is 0 Å². The van der Waals surface area contributed by atoms with E-state index in [0.29, 0.717) is 0 Å². The first-order valence-corrected chi connectivity index (χ1v) is 7.00. The summed E-state index contributed by atoms with van der Waals surface area (Å²) in [5.74, 6) is -0.496. The van der Waals surface area contributed by atoms with E-state index in [4.69, 9.17) is 5.11 Å². The average Bonchev–Trinajstić information content (AvgIpc) is 2.70. The molecule has 1 heterocycles. The predicted octanol–water partition coefficient (Wildman–Crippen LogP) is -0.823. The monoisotopic (exact) mass is 346 g/mol. The molecule has 20 heavy (non-hydrogen) atoms. The van der Waals surface area contributed by atoms with Crippen molar-refractivity contribution in [2.75, 3.05) is 6.61 Å². The number of nitrogens with one attached hydrogen (secondary N) is 1. The quantitative estimate of drug-likeness (QED) is 0.570. The Balaban J connectivity index is 2.46. The number of hydrogen-bond acceptors (Lipinski definition) is 5. The third-order valence-corrected chi connectivity index (χ3v) is 3.87. The summed E-state index contributed by atoms with van der Waals surface area (Å²) in [6.45, 7) is -0.277. The van der Waals surface area contributed by atoms with E-state index in [0.717, 1.165) is 0 Å². The Morgan fingerprint density at radius 1 is 1.40 bits per heavy atom. The highest BCUT2D eigenvalue weighted by molar-refractivity contribution is 9.11. The summed E-state index contributed by atoms with van der Waals surface area (Å²) in [6.07, 6.45) is 0.785. The van der Waals surface area contributed by atoms with Gasteiger partial charge in [0.1, 0.15) is 6.10 Å². The van der Waals surface area contributed by atoms with Crippen molar-refractivity contribution in [2.45, 2.75) is 24.7 Å².